The van der Waals surface area contributed by atoms with Gasteiger partial charge in [0.2, 0.25) is 0 Å². The van der Waals surface area contributed by atoms with Gasteiger partial charge in [0.05, 0.1) is 0 Å². The summed E-state index contributed by atoms with van der Waals surface area (Å²) in [4.78, 5) is 0. The van der Waals surface area contributed by atoms with Crippen molar-refractivity contribution >= 4 is 0 Å². The summed E-state index contributed by atoms with van der Waals surface area (Å²) >= 11 is 0. The first-order chi connectivity index (χ1) is 0. The van der Waals surface area contributed by atoms with Crippen LogP contribution in [0.2, 0.25) is 0 Å². The molecule has 0 unspecified atom stereocenters. The molecule has 0 rings (SSSR count). The van der Waals surface area contributed by atoms with Crippen molar-refractivity contribution in [3.8, 4) is 0 Å². The Hall–Kier alpha value is 1.96. The summed E-state index contributed by atoms with van der Waals surface area (Å²) in [5.41, 5.74) is 0. The SMILES string of the molecule is [Ce+4].[O-2].[O-2].[Pd]. The van der Waals surface area contributed by atoms with Crippen LogP contribution in [0.25, 0.3) is 0 Å². The predicted molar refractivity (Wildman–Crippen MR) is 1.37 cm³/mol. The van der Waals surface area contributed by atoms with E-state index in [-0.39, 0.29) is 73.1 Å². The molecule has 0 aromatic carbocycles. The van der Waals surface area contributed by atoms with Crippen LogP contribution in [-0.4, -0.2) is 0 Å². The zero-order valence-corrected chi connectivity index (χ0v) is 6.33. The third kappa shape index (κ3) is 9.03. The molecule has 0 aliphatic rings. The summed E-state index contributed by atoms with van der Waals surface area (Å²) in [7, 11) is 0. The van der Waals surface area contributed by atoms with Crippen molar-refractivity contribution in [3.63, 3.8) is 0 Å². The normalized spacial score (nSPS) is 0. The molecule has 0 saturated heterocycles. The van der Waals surface area contributed by atoms with Gasteiger partial charge in [-0.2, -0.15) is 0 Å². The molecule has 0 atom stereocenters. The van der Waals surface area contributed by atoms with E-state index in [0.29, 0.717) is 0 Å². The van der Waals surface area contributed by atoms with Gasteiger partial charge < -0.3 is 11.0 Å². The van der Waals surface area contributed by atoms with Crippen LogP contribution in [0, 0.1) is 41.7 Å². The van der Waals surface area contributed by atoms with Crippen LogP contribution in [0.15, 0.2) is 0 Å². The maximum Gasteiger partial charge on any atom is 4.00 e. The molecule has 0 saturated carbocycles. The third-order valence-electron chi connectivity index (χ3n) is 0. The van der Waals surface area contributed by atoms with Crippen molar-refractivity contribution in [2.75, 3.05) is 0 Å². The van der Waals surface area contributed by atoms with Gasteiger partial charge in [0, 0.05) is 20.4 Å². The minimum Gasteiger partial charge on any atom is -2.00 e. The van der Waals surface area contributed by atoms with E-state index in [1.54, 1.807) is 0 Å². The monoisotopic (exact) mass is 278 g/mol. The van der Waals surface area contributed by atoms with Gasteiger partial charge in [-0.05, 0) is 0 Å². The fourth-order valence-electron chi connectivity index (χ4n) is 0. The Morgan fingerprint density at radius 1 is 0.750 bits per heavy atom. The van der Waals surface area contributed by atoms with E-state index in [0.717, 1.165) is 0 Å². The molecule has 4 heteroatoms. The van der Waals surface area contributed by atoms with Gasteiger partial charge in [0.25, 0.3) is 0 Å². The van der Waals surface area contributed by atoms with Gasteiger partial charge in [0.15, 0.2) is 0 Å². The quantitative estimate of drug-likeness (QED) is 0.549. The molecule has 0 aromatic rings. The number of rotatable bonds is 0. The number of hydrogen-bond acceptors (Lipinski definition) is 0. The Kier molecular flexibility index (Phi) is 193. The van der Waals surface area contributed by atoms with Crippen molar-refractivity contribution in [3.05, 3.63) is 0 Å². The smallest absolute Gasteiger partial charge is 2.00 e. The molecule has 0 spiro atoms. The van der Waals surface area contributed by atoms with E-state index in [4.69, 9.17) is 0 Å². The Morgan fingerprint density at radius 2 is 0.750 bits per heavy atom. The van der Waals surface area contributed by atoms with Crippen molar-refractivity contribution in [1.82, 2.24) is 0 Å². The molecule has 0 N–H and O–H groups in total. The largest absolute Gasteiger partial charge is 4.00 e. The number of hydrogen-bond donors (Lipinski definition) is 0. The molecule has 0 radical (unpaired) electrons. The summed E-state index contributed by atoms with van der Waals surface area (Å²) < 4.78 is 0. The van der Waals surface area contributed by atoms with E-state index in [1.165, 1.54) is 0 Å². The first kappa shape index (κ1) is 38.2. The fourth-order valence-corrected chi connectivity index (χ4v) is 0. The maximum atomic E-state index is 0. The molecule has 0 heterocycles. The summed E-state index contributed by atoms with van der Waals surface area (Å²) in [6, 6.07) is 0. The summed E-state index contributed by atoms with van der Waals surface area (Å²) in [5.74, 6) is 0. The Morgan fingerprint density at radius 3 is 0.750 bits per heavy atom. The molecular formula is CeO2Pd. The molecule has 26 valence electrons. The molecule has 0 aliphatic heterocycles. The Balaban J connectivity index is 0. The standard InChI is InChI=1S/Ce.2O.Pd/q+4;2*-2;. The van der Waals surface area contributed by atoms with Crippen LogP contribution < -0.4 is 0 Å². The second kappa shape index (κ2) is 20.3. The predicted octanol–water partition coefficient (Wildman–Crippen LogP) is -0.240. The van der Waals surface area contributed by atoms with Crippen LogP contribution in [0.3, 0.4) is 0 Å². The van der Waals surface area contributed by atoms with E-state index in [9.17, 15) is 0 Å². The van der Waals surface area contributed by atoms with Gasteiger partial charge in [0.1, 0.15) is 0 Å². The average molecular weight is 279 g/mol. The summed E-state index contributed by atoms with van der Waals surface area (Å²) in [6.45, 7) is 0. The molecule has 4 heavy (non-hydrogen) atoms. The summed E-state index contributed by atoms with van der Waals surface area (Å²) in [6.07, 6.45) is 0. The molecule has 0 bridgehead atoms. The van der Waals surface area contributed by atoms with Crippen molar-refractivity contribution in [2.45, 2.75) is 0 Å². The van der Waals surface area contributed by atoms with E-state index < -0.39 is 0 Å². The van der Waals surface area contributed by atoms with Crippen LogP contribution in [0.4, 0.5) is 0 Å². The van der Waals surface area contributed by atoms with Gasteiger partial charge in [-0.3, -0.25) is 0 Å². The van der Waals surface area contributed by atoms with Gasteiger partial charge in [-0.15, -0.1) is 0 Å². The van der Waals surface area contributed by atoms with Gasteiger partial charge in [-0.25, -0.2) is 0 Å². The Labute approximate surface area is 72.0 Å². The first-order valence-electron chi connectivity index (χ1n) is 0. The minimum absolute atomic E-state index is 0. The van der Waals surface area contributed by atoms with Gasteiger partial charge in [-0.1, -0.05) is 0 Å². The van der Waals surface area contributed by atoms with Crippen LogP contribution >= 0.6 is 0 Å². The van der Waals surface area contributed by atoms with E-state index in [2.05, 4.69) is 0 Å². The molecular weight excluding hydrogens is 279 g/mol. The van der Waals surface area contributed by atoms with Crippen LogP contribution in [0.1, 0.15) is 0 Å². The zero-order valence-electron chi connectivity index (χ0n) is 1.63. The van der Waals surface area contributed by atoms with Crippen molar-refractivity contribution in [2.24, 2.45) is 0 Å². The minimum atomic E-state index is 0. The second-order valence-corrected chi connectivity index (χ2v) is 0. The molecule has 2 nitrogen and oxygen atoms in total. The van der Waals surface area contributed by atoms with Crippen molar-refractivity contribution < 1.29 is 73.1 Å². The molecule has 0 fully saturated rings. The fraction of sp³-hybridized carbons (Fsp3) is 0. The van der Waals surface area contributed by atoms with Gasteiger partial charge >= 0.3 is 41.7 Å². The van der Waals surface area contributed by atoms with Crippen LogP contribution in [0.5, 0.6) is 0 Å². The topological polar surface area (TPSA) is 57.0 Å². The first-order valence-corrected chi connectivity index (χ1v) is 0. The third-order valence-corrected chi connectivity index (χ3v) is 0. The summed E-state index contributed by atoms with van der Waals surface area (Å²) in [5, 5.41) is 0. The Bertz CT molecular complexity index is 6.00. The van der Waals surface area contributed by atoms with Crippen molar-refractivity contribution in [1.29, 1.82) is 0 Å². The second-order valence-electron chi connectivity index (χ2n) is 0. The van der Waals surface area contributed by atoms with Crippen LogP contribution in [-0.2, 0) is 31.4 Å². The maximum absolute atomic E-state index is 0. The zero-order chi connectivity index (χ0) is 0. The molecule has 0 aliphatic carbocycles. The van der Waals surface area contributed by atoms with E-state index in [1.807, 2.05) is 0 Å². The molecule has 0 aromatic heterocycles. The molecule has 0 amide bonds. The van der Waals surface area contributed by atoms with E-state index >= 15 is 0 Å². The average Bonchev–Trinajstić information content (AvgIpc) is 0.